The van der Waals surface area contributed by atoms with Gasteiger partial charge in [0.2, 0.25) is 0 Å². The highest BCUT2D eigenvalue weighted by Crippen LogP contribution is 2.37. The number of para-hydroxylation sites is 1. The van der Waals surface area contributed by atoms with Gasteiger partial charge in [0.15, 0.2) is 5.78 Å². The molecule has 2 atom stereocenters. The van der Waals surface area contributed by atoms with E-state index in [1.807, 2.05) is 6.07 Å². The van der Waals surface area contributed by atoms with Crippen LogP contribution in [0.3, 0.4) is 0 Å². The molecule has 1 N–H and O–H groups in total. The number of hydrogen-bond donors (Lipinski definition) is 1. The molecule has 20 heavy (non-hydrogen) atoms. The molecule has 1 aliphatic heterocycles. The molecule has 0 radical (unpaired) electrons. The summed E-state index contributed by atoms with van der Waals surface area (Å²) >= 11 is 0. The number of benzene rings is 2. The molecule has 5 heteroatoms. The summed E-state index contributed by atoms with van der Waals surface area (Å²) in [7, 11) is 0. The van der Waals surface area contributed by atoms with Crippen molar-refractivity contribution in [2.24, 2.45) is 0 Å². The van der Waals surface area contributed by atoms with Crippen molar-refractivity contribution in [2.75, 3.05) is 0 Å². The van der Waals surface area contributed by atoms with E-state index in [4.69, 9.17) is 0 Å². The summed E-state index contributed by atoms with van der Waals surface area (Å²) in [6, 6.07) is 14.8. The van der Waals surface area contributed by atoms with Gasteiger partial charge in [-0.15, -0.1) is 0 Å². The van der Waals surface area contributed by atoms with Crippen LogP contribution in [0.2, 0.25) is 0 Å². The fourth-order valence-electron chi connectivity index (χ4n) is 2.33. The number of carbonyl (C=O) groups excluding carboxylic acids is 1. The fraction of sp³-hybridized carbons (Fsp3) is 0.133. The van der Waals surface area contributed by atoms with Crippen molar-refractivity contribution in [3.05, 3.63) is 75.8 Å². The van der Waals surface area contributed by atoms with E-state index in [0.717, 1.165) is 0 Å². The Kier molecular flexibility index (Phi) is 3.04. The first-order valence-electron chi connectivity index (χ1n) is 6.27. The van der Waals surface area contributed by atoms with Crippen molar-refractivity contribution >= 4 is 11.5 Å². The smallest absolute Gasteiger partial charge is 0.274 e. The third-order valence-electron chi connectivity index (χ3n) is 3.39. The zero-order chi connectivity index (χ0) is 14.1. The number of nitrogens with zero attached hydrogens (tertiary/aromatic N) is 1. The molecule has 1 aliphatic rings. The quantitative estimate of drug-likeness (QED) is 0.399. The van der Waals surface area contributed by atoms with Gasteiger partial charge in [-0.2, -0.15) is 0 Å². The summed E-state index contributed by atoms with van der Waals surface area (Å²) in [5.74, 6) is -0.0336. The van der Waals surface area contributed by atoms with E-state index in [1.165, 1.54) is 6.07 Å². The van der Waals surface area contributed by atoms with Crippen molar-refractivity contribution in [2.45, 2.75) is 12.1 Å². The molecule has 3 rings (SSSR count). The lowest BCUT2D eigenvalue weighted by molar-refractivity contribution is -0.385. The van der Waals surface area contributed by atoms with E-state index in [2.05, 4.69) is 5.32 Å². The maximum absolute atomic E-state index is 12.2. The largest absolute Gasteiger partial charge is 0.297 e. The normalized spacial score (nSPS) is 20.4. The maximum atomic E-state index is 12.2. The van der Waals surface area contributed by atoms with E-state index in [0.29, 0.717) is 11.1 Å². The van der Waals surface area contributed by atoms with E-state index < -0.39 is 4.92 Å². The molecule has 1 heterocycles. The van der Waals surface area contributed by atoms with Gasteiger partial charge in [0, 0.05) is 17.2 Å². The minimum atomic E-state index is -0.417. The number of rotatable bonds is 4. The Balaban J connectivity index is 1.83. The Morgan fingerprint density at radius 2 is 1.70 bits per heavy atom. The first-order valence-corrected chi connectivity index (χ1v) is 6.27. The van der Waals surface area contributed by atoms with Gasteiger partial charge in [-0.25, -0.2) is 0 Å². The lowest BCUT2D eigenvalue weighted by atomic mass is 10.0. The number of ketones is 1. The van der Waals surface area contributed by atoms with Crippen LogP contribution in [-0.2, 0) is 0 Å². The lowest BCUT2D eigenvalue weighted by Crippen LogP contribution is -2.10. The third kappa shape index (κ3) is 2.19. The van der Waals surface area contributed by atoms with Gasteiger partial charge in [-0.3, -0.25) is 20.2 Å². The summed E-state index contributed by atoms with van der Waals surface area (Å²) in [5, 5.41) is 14.0. The van der Waals surface area contributed by atoms with Crippen LogP contribution in [0.4, 0.5) is 5.69 Å². The van der Waals surface area contributed by atoms with Crippen LogP contribution in [0.1, 0.15) is 22.0 Å². The minimum absolute atomic E-state index is 0.0336. The van der Waals surface area contributed by atoms with Crippen LogP contribution in [0.15, 0.2) is 54.6 Å². The van der Waals surface area contributed by atoms with Crippen LogP contribution in [0.25, 0.3) is 0 Å². The van der Waals surface area contributed by atoms with Gasteiger partial charge in [-0.1, -0.05) is 48.5 Å². The molecule has 0 unspecified atom stereocenters. The number of Topliss-reactive ketones (excluding diaryl/α,β-unsaturated/α-hetero) is 1. The van der Waals surface area contributed by atoms with Gasteiger partial charge in [0.05, 0.1) is 17.0 Å². The van der Waals surface area contributed by atoms with Crippen LogP contribution >= 0.6 is 0 Å². The summed E-state index contributed by atoms with van der Waals surface area (Å²) < 4.78 is 0. The predicted octanol–water partition coefficient (Wildman–Crippen LogP) is 2.49. The Morgan fingerprint density at radius 1 is 1.05 bits per heavy atom. The Hall–Kier alpha value is -2.53. The monoisotopic (exact) mass is 268 g/mol. The fourth-order valence-corrected chi connectivity index (χ4v) is 2.33. The molecule has 0 aromatic heterocycles. The highest BCUT2D eigenvalue weighted by atomic mass is 16.6. The van der Waals surface area contributed by atoms with Crippen molar-refractivity contribution < 1.29 is 9.72 Å². The topological polar surface area (TPSA) is 82.2 Å². The molecule has 0 aliphatic carbocycles. The van der Waals surface area contributed by atoms with Crippen molar-refractivity contribution in [3.8, 4) is 0 Å². The molecule has 0 saturated carbocycles. The zero-order valence-corrected chi connectivity index (χ0v) is 10.5. The molecule has 2 aromatic carbocycles. The molecule has 0 bridgehead atoms. The Bertz CT molecular complexity index is 670. The van der Waals surface area contributed by atoms with E-state index >= 15 is 0 Å². The second-order valence-corrected chi connectivity index (χ2v) is 4.67. The lowest BCUT2D eigenvalue weighted by Gasteiger charge is -2.00. The number of carbonyl (C=O) groups is 1. The Labute approximate surface area is 115 Å². The van der Waals surface area contributed by atoms with Crippen LogP contribution in [-0.4, -0.2) is 16.7 Å². The zero-order valence-electron chi connectivity index (χ0n) is 10.5. The molecule has 0 spiro atoms. The molecule has 1 fully saturated rings. The van der Waals surface area contributed by atoms with Crippen molar-refractivity contribution in [1.82, 2.24) is 5.32 Å². The second kappa shape index (κ2) is 4.86. The summed E-state index contributed by atoms with van der Waals surface area (Å²) in [5.41, 5.74) is 1.23. The van der Waals surface area contributed by atoms with Crippen molar-refractivity contribution in [1.29, 1.82) is 0 Å². The molecule has 2 aromatic rings. The van der Waals surface area contributed by atoms with Crippen LogP contribution in [0, 0.1) is 10.1 Å². The summed E-state index contributed by atoms with van der Waals surface area (Å²) in [4.78, 5) is 22.8. The standard InChI is InChI=1S/C15H12N2O3/c18-15(10-6-2-1-3-7-10)14-13(16-14)11-8-4-5-9-12(11)17(19)20/h1-9,13-14,16H/t13-,14+/m0/s1. The van der Waals surface area contributed by atoms with Gasteiger partial charge in [0.25, 0.3) is 5.69 Å². The van der Waals surface area contributed by atoms with Crippen LogP contribution in [0.5, 0.6) is 0 Å². The maximum Gasteiger partial charge on any atom is 0.274 e. The predicted molar refractivity (Wildman–Crippen MR) is 73.5 cm³/mol. The third-order valence-corrected chi connectivity index (χ3v) is 3.39. The van der Waals surface area contributed by atoms with Gasteiger partial charge >= 0.3 is 0 Å². The van der Waals surface area contributed by atoms with E-state index in [1.54, 1.807) is 42.5 Å². The average Bonchev–Trinajstić information content (AvgIpc) is 3.27. The number of nitrogens with one attached hydrogen (secondary N) is 1. The highest BCUT2D eigenvalue weighted by Gasteiger charge is 2.46. The Morgan fingerprint density at radius 3 is 2.40 bits per heavy atom. The van der Waals surface area contributed by atoms with Gasteiger partial charge in [0.1, 0.15) is 0 Å². The summed E-state index contributed by atoms with van der Waals surface area (Å²) in [6.45, 7) is 0. The van der Waals surface area contributed by atoms with Crippen LogP contribution < -0.4 is 5.32 Å². The highest BCUT2D eigenvalue weighted by molar-refractivity contribution is 6.02. The number of hydrogen-bond acceptors (Lipinski definition) is 4. The molecule has 5 nitrogen and oxygen atoms in total. The SMILES string of the molecule is O=C(c1ccccc1)[C@@H]1N[C@H]1c1ccccc1[N+](=O)[O-]. The molecular formula is C15H12N2O3. The van der Waals surface area contributed by atoms with Gasteiger partial charge < -0.3 is 0 Å². The van der Waals surface area contributed by atoms with Gasteiger partial charge in [-0.05, 0) is 0 Å². The molecule has 100 valence electrons. The number of nitro groups is 1. The average molecular weight is 268 g/mol. The van der Waals surface area contributed by atoms with E-state index in [9.17, 15) is 14.9 Å². The second-order valence-electron chi connectivity index (χ2n) is 4.67. The van der Waals surface area contributed by atoms with Crippen molar-refractivity contribution in [3.63, 3.8) is 0 Å². The number of nitro benzene ring substituents is 1. The molecule has 1 saturated heterocycles. The first-order chi connectivity index (χ1) is 9.68. The minimum Gasteiger partial charge on any atom is -0.297 e. The molecular weight excluding hydrogens is 256 g/mol. The first kappa shape index (κ1) is 12.5. The molecule has 0 amide bonds. The summed E-state index contributed by atoms with van der Waals surface area (Å²) in [6.07, 6.45) is 0. The van der Waals surface area contributed by atoms with E-state index in [-0.39, 0.29) is 23.6 Å².